The first-order valence-corrected chi connectivity index (χ1v) is 12.4. The number of sulfone groups is 1. The van der Waals surface area contributed by atoms with E-state index in [0.717, 1.165) is 11.3 Å². The van der Waals surface area contributed by atoms with Crippen LogP contribution in [0.1, 0.15) is 13.3 Å². The van der Waals surface area contributed by atoms with E-state index in [1.807, 2.05) is 0 Å². The number of rotatable bonds is 7. The lowest BCUT2D eigenvalue weighted by Crippen LogP contribution is -2.23. The van der Waals surface area contributed by atoms with E-state index in [9.17, 15) is 18.0 Å². The SMILES string of the molecule is CCOC(=O)Cn1c(=NC(=O)CCS(=O)(=O)c2ccccc2)sc2c(Cl)ccc(Cl)c21. The van der Waals surface area contributed by atoms with Crippen LogP contribution in [-0.4, -0.2) is 37.2 Å². The number of benzene rings is 2. The van der Waals surface area contributed by atoms with Crippen molar-refractivity contribution in [2.24, 2.45) is 4.99 Å². The van der Waals surface area contributed by atoms with E-state index in [2.05, 4.69) is 4.99 Å². The molecule has 0 radical (unpaired) electrons. The maximum atomic E-state index is 12.5. The van der Waals surface area contributed by atoms with Crippen LogP contribution in [0.2, 0.25) is 10.0 Å². The minimum Gasteiger partial charge on any atom is -0.465 e. The molecule has 1 aromatic heterocycles. The topological polar surface area (TPSA) is 94.8 Å². The van der Waals surface area contributed by atoms with Gasteiger partial charge < -0.3 is 9.30 Å². The number of nitrogens with zero attached hydrogens (tertiary/aromatic N) is 2. The van der Waals surface area contributed by atoms with Gasteiger partial charge in [0.15, 0.2) is 14.6 Å². The molecule has 0 N–H and O–H groups in total. The van der Waals surface area contributed by atoms with Crippen LogP contribution in [0.4, 0.5) is 0 Å². The summed E-state index contributed by atoms with van der Waals surface area (Å²) in [6.45, 7) is 1.65. The van der Waals surface area contributed by atoms with Crippen molar-refractivity contribution in [1.29, 1.82) is 0 Å². The summed E-state index contributed by atoms with van der Waals surface area (Å²) < 4.78 is 31.8. The Labute approximate surface area is 192 Å². The molecule has 0 spiro atoms. The summed E-state index contributed by atoms with van der Waals surface area (Å²) in [6.07, 6.45) is -0.313. The van der Waals surface area contributed by atoms with Crippen molar-refractivity contribution in [3.8, 4) is 0 Å². The Morgan fingerprint density at radius 2 is 1.77 bits per heavy atom. The average molecular weight is 501 g/mol. The standard InChI is InChI=1S/C20H18Cl2N2O5S2/c1-2-29-17(26)12-24-18-14(21)8-9-15(22)19(18)30-20(24)23-16(25)10-11-31(27,28)13-6-4-3-5-7-13/h3-9H,2,10-12H2,1H3. The molecule has 0 aliphatic carbocycles. The molecule has 1 amide bonds. The highest BCUT2D eigenvalue weighted by Gasteiger charge is 2.19. The molecule has 0 bridgehead atoms. The Morgan fingerprint density at radius 3 is 2.45 bits per heavy atom. The normalized spacial score (nSPS) is 12.3. The fourth-order valence-electron chi connectivity index (χ4n) is 2.81. The summed E-state index contributed by atoms with van der Waals surface area (Å²) >= 11 is 13.6. The minimum absolute atomic E-state index is 0.139. The van der Waals surface area contributed by atoms with Crippen LogP contribution in [-0.2, 0) is 30.7 Å². The number of carbonyl (C=O) groups is 2. The molecule has 7 nitrogen and oxygen atoms in total. The Bertz CT molecular complexity index is 1300. The maximum absolute atomic E-state index is 12.5. The first kappa shape index (κ1) is 23.5. The number of carbonyl (C=O) groups excluding carboxylic acids is 2. The van der Waals surface area contributed by atoms with Gasteiger partial charge in [0.05, 0.1) is 37.5 Å². The molecule has 0 unspecified atom stereocenters. The number of hydrogen-bond acceptors (Lipinski definition) is 6. The van der Waals surface area contributed by atoms with E-state index >= 15 is 0 Å². The minimum atomic E-state index is -3.62. The van der Waals surface area contributed by atoms with E-state index < -0.39 is 21.7 Å². The van der Waals surface area contributed by atoms with Gasteiger partial charge in [-0.3, -0.25) is 9.59 Å². The second-order valence-electron chi connectivity index (χ2n) is 6.37. The summed E-state index contributed by atoms with van der Waals surface area (Å²) in [5.74, 6) is -1.56. The number of thiazole rings is 1. The smallest absolute Gasteiger partial charge is 0.326 e. The molecule has 164 valence electrons. The second-order valence-corrected chi connectivity index (χ2v) is 10.3. The highest BCUT2D eigenvalue weighted by Crippen LogP contribution is 2.32. The van der Waals surface area contributed by atoms with Gasteiger partial charge in [0, 0.05) is 6.42 Å². The van der Waals surface area contributed by atoms with Crippen molar-refractivity contribution in [2.45, 2.75) is 24.8 Å². The molecule has 11 heteroatoms. The van der Waals surface area contributed by atoms with Gasteiger partial charge in [-0.15, -0.1) is 0 Å². The first-order chi connectivity index (χ1) is 14.7. The van der Waals surface area contributed by atoms with Gasteiger partial charge in [0.25, 0.3) is 0 Å². The van der Waals surface area contributed by atoms with Crippen molar-refractivity contribution in [1.82, 2.24) is 4.57 Å². The number of hydrogen-bond donors (Lipinski definition) is 0. The molecular formula is C20H18Cl2N2O5S2. The van der Waals surface area contributed by atoms with Crippen molar-refractivity contribution < 1.29 is 22.7 Å². The number of esters is 1. The van der Waals surface area contributed by atoms with Crippen molar-refractivity contribution in [3.05, 3.63) is 57.3 Å². The quantitative estimate of drug-likeness (QED) is 0.459. The van der Waals surface area contributed by atoms with E-state index in [1.54, 1.807) is 37.3 Å². The Kier molecular flexibility index (Phi) is 7.53. The fourth-order valence-corrected chi connectivity index (χ4v) is 5.72. The number of fused-ring (bicyclic) bond motifs is 1. The van der Waals surface area contributed by atoms with Crippen LogP contribution < -0.4 is 4.80 Å². The summed E-state index contributed by atoms with van der Waals surface area (Å²) in [4.78, 5) is 28.9. The first-order valence-electron chi connectivity index (χ1n) is 9.21. The van der Waals surface area contributed by atoms with E-state index in [1.165, 1.54) is 16.7 Å². The maximum Gasteiger partial charge on any atom is 0.326 e. The van der Waals surface area contributed by atoms with Gasteiger partial charge in [-0.25, -0.2) is 8.42 Å². The largest absolute Gasteiger partial charge is 0.465 e. The van der Waals surface area contributed by atoms with Gasteiger partial charge in [-0.1, -0.05) is 52.7 Å². The Hall–Kier alpha value is -2.20. The predicted octanol–water partition coefficient (Wildman–Crippen LogP) is 3.86. The highest BCUT2D eigenvalue weighted by molar-refractivity contribution is 7.91. The highest BCUT2D eigenvalue weighted by atomic mass is 35.5. The molecule has 0 fully saturated rings. The number of ether oxygens (including phenoxy) is 1. The Morgan fingerprint density at radius 1 is 1.10 bits per heavy atom. The third-order valence-corrected chi connectivity index (χ3v) is 7.80. The lowest BCUT2D eigenvalue weighted by atomic mass is 10.3. The molecule has 0 atom stereocenters. The third-order valence-electron chi connectivity index (χ3n) is 4.23. The molecular weight excluding hydrogens is 483 g/mol. The lowest BCUT2D eigenvalue weighted by Gasteiger charge is -2.06. The van der Waals surface area contributed by atoms with Gasteiger partial charge in [-0.05, 0) is 31.2 Å². The fraction of sp³-hybridized carbons (Fsp3) is 0.250. The van der Waals surface area contributed by atoms with Crippen LogP contribution in [0.3, 0.4) is 0 Å². The van der Waals surface area contributed by atoms with E-state index in [0.29, 0.717) is 20.3 Å². The van der Waals surface area contributed by atoms with Gasteiger partial charge in [-0.2, -0.15) is 4.99 Å². The monoisotopic (exact) mass is 500 g/mol. The van der Waals surface area contributed by atoms with Crippen molar-refractivity contribution in [3.63, 3.8) is 0 Å². The summed E-state index contributed by atoms with van der Waals surface area (Å²) in [5, 5.41) is 0.725. The van der Waals surface area contributed by atoms with Crippen LogP contribution in [0.25, 0.3) is 10.2 Å². The zero-order valence-corrected chi connectivity index (χ0v) is 19.5. The average Bonchev–Trinajstić information content (AvgIpc) is 3.09. The van der Waals surface area contributed by atoms with Crippen molar-refractivity contribution in [2.75, 3.05) is 12.4 Å². The molecule has 2 aromatic carbocycles. The second kappa shape index (κ2) is 9.95. The summed E-state index contributed by atoms with van der Waals surface area (Å²) in [7, 11) is -3.62. The number of halogens is 2. The van der Waals surface area contributed by atoms with Gasteiger partial charge in [0.2, 0.25) is 5.91 Å². The Balaban J connectivity index is 1.95. The van der Waals surface area contributed by atoms with Crippen LogP contribution >= 0.6 is 34.5 Å². The molecule has 3 aromatic rings. The van der Waals surface area contributed by atoms with Crippen LogP contribution in [0, 0.1) is 0 Å². The third kappa shape index (κ3) is 5.54. The van der Waals surface area contributed by atoms with Gasteiger partial charge >= 0.3 is 5.97 Å². The zero-order valence-electron chi connectivity index (χ0n) is 16.4. The van der Waals surface area contributed by atoms with Crippen LogP contribution in [0.15, 0.2) is 52.4 Å². The van der Waals surface area contributed by atoms with E-state index in [-0.39, 0.29) is 35.0 Å². The predicted molar refractivity (Wildman–Crippen MR) is 120 cm³/mol. The number of aromatic nitrogens is 1. The van der Waals surface area contributed by atoms with Gasteiger partial charge in [0.1, 0.15) is 6.54 Å². The zero-order chi connectivity index (χ0) is 22.6. The molecule has 31 heavy (non-hydrogen) atoms. The molecule has 0 aliphatic rings. The molecule has 1 heterocycles. The van der Waals surface area contributed by atoms with Crippen LogP contribution in [0.5, 0.6) is 0 Å². The molecule has 0 saturated heterocycles. The van der Waals surface area contributed by atoms with E-state index in [4.69, 9.17) is 27.9 Å². The molecule has 0 saturated carbocycles. The van der Waals surface area contributed by atoms with Crippen molar-refractivity contribution >= 4 is 66.5 Å². The molecule has 3 rings (SSSR count). The summed E-state index contributed by atoms with van der Waals surface area (Å²) in [6, 6.07) is 11.1. The molecule has 0 aliphatic heterocycles. The number of amides is 1. The summed E-state index contributed by atoms with van der Waals surface area (Å²) in [5.41, 5.74) is 0.454. The lowest BCUT2D eigenvalue weighted by molar-refractivity contribution is -0.143.